The maximum Gasteiger partial charge on any atom is 0.174 e. The molecule has 4 heteroatoms. The summed E-state index contributed by atoms with van der Waals surface area (Å²) in [6.45, 7) is 6.63. The first-order chi connectivity index (χ1) is 17.6. The summed E-state index contributed by atoms with van der Waals surface area (Å²) >= 11 is 0. The Morgan fingerprint density at radius 1 is 0.667 bits per heavy atom. The Hall–Kier alpha value is -4.20. The van der Waals surface area contributed by atoms with Gasteiger partial charge in [-0.1, -0.05) is 85.4 Å². The van der Waals surface area contributed by atoms with E-state index in [1.807, 2.05) is 72.9 Å². The van der Waals surface area contributed by atoms with Gasteiger partial charge in [0.05, 0.1) is 11.4 Å². The SMILES string of the molecule is C=C1c2ccncc2-c2ccccc2N1c1c(C)cccc1P1(=O)c2ccccc2-c2ccccc21. The first-order valence-corrected chi connectivity index (χ1v) is 13.7. The summed E-state index contributed by atoms with van der Waals surface area (Å²) in [6, 6.07) is 32.8. The molecule has 0 N–H and O–H groups in total. The minimum Gasteiger partial charge on any atom is -0.309 e. The third-order valence-corrected chi connectivity index (χ3v) is 10.6. The van der Waals surface area contributed by atoms with Crippen LogP contribution in [0.4, 0.5) is 11.4 Å². The highest BCUT2D eigenvalue weighted by atomic mass is 31.2. The van der Waals surface area contributed by atoms with Crippen molar-refractivity contribution in [1.29, 1.82) is 0 Å². The van der Waals surface area contributed by atoms with Gasteiger partial charge < -0.3 is 9.46 Å². The van der Waals surface area contributed by atoms with Gasteiger partial charge in [-0.25, -0.2) is 0 Å². The zero-order valence-electron chi connectivity index (χ0n) is 19.8. The third-order valence-electron chi connectivity index (χ3n) is 7.39. The largest absolute Gasteiger partial charge is 0.309 e. The van der Waals surface area contributed by atoms with Crippen LogP contribution in [0.25, 0.3) is 28.0 Å². The van der Waals surface area contributed by atoms with Gasteiger partial charge in [0, 0.05) is 50.7 Å². The number of rotatable bonds is 2. The Labute approximate surface area is 210 Å². The van der Waals surface area contributed by atoms with Crippen LogP contribution in [0.2, 0.25) is 0 Å². The number of aromatic nitrogens is 1. The van der Waals surface area contributed by atoms with Gasteiger partial charge >= 0.3 is 0 Å². The minimum atomic E-state index is -3.15. The summed E-state index contributed by atoms with van der Waals surface area (Å²) in [5.74, 6) is 0. The zero-order valence-corrected chi connectivity index (χ0v) is 20.7. The number of benzene rings is 4. The second-order valence-electron chi connectivity index (χ2n) is 9.31. The summed E-state index contributed by atoms with van der Waals surface area (Å²) in [5, 5.41) is 2.64. The molecule has 0 saturated carbocycles. The molecule has 0 bridgehead atoms. The Morgan fingerprint density at radius 3 is 2.00 bits per heavy atom. The maximum absolute atomic E-state index is 15.5. The van der Waals surface area contributed by atoms with Gasteiger partial charge in [-0.2, -0.15) is 0 Å². The smallest absolute Gasteiger partial charge is 0.174 e. The van der Waals surface area contributed by atoms with Gasteiger partial charge in [-0.15, -0.1) is 0 Å². The fourth-order valence-corrected chi connectivity index (χ4v) is 9.12. The lowest BCUT2D eigenvalue weighted by molar-refractivity contribution is 0.593. The molecule has 2 aliphatic heterocycles. The van der Waals surface area contributed by atoms with E-state index in [-0.39, 0.29) is 0 Å². The van der Waals surface area contributed by atoms with Crippen molar-refractivity contribution >= 4 is 40.1 Å². The number of para-hydroxylation sites is 2. The average molecular weight is 483 g/mol. The highest BCUT2D eigenvalue weighted by Crippen LogP contribution is 2.56. The summed E-state index contributed by atoms with van der Waals surface area (Å²) in [5.41, 5.74) is 9.16. The first kappa shape index (κ1) is 21.1. The van der Waals surface area contributed by atoms with E-state index < -0.39 is 7.14 Å². The van der Waals surface area contributed by atoms with Crippen LogP contribution >= 0.6 is 7.14 Å². The molecule has 0 saturated heterocycles. The Bertz CT molecular complexity index is 1720. The Balaban J connectivity index is 1.56. The van der Waals surface area contributed by atoms with E-state index in [1.54, 1.807) is 6.20 Å². The second-order valence-corrected chi connectivity index (χ2v) is 12.0. The highest BCUT2D eigenvalue weighted by Gasteiger charge is 2.43. The summed E-state index contributed by atoms with van der Waals surface area (Å²) < 4.78 is 15.5. The molecule has 36 heavy (non-hydrogen) atoms. The molecule has 172 valence electrons. The quantitative estimate of drug-likeness (QED) is 0.255. The fraction of sp³-hybridized carbons (Fsp3) is 0.0312. The normalized spacial score (nSPS) is 14.6. The number of fused-ring (bicyclic) bond motifs is 6. The number of anilines is 2. The predicted octanol–water partition coefficient (Wildman–Crippen LogP) is 6.80. The fourth-order valence-electron chi connectivity index (χ4n) is 5.81. The first-order valence-electron chi connectivity index (χ1n) is 12.0. The molecule has 5 aromatic rings. The van der Waals surface area contributed by atoms with Crippen LogP contribution in [-0.2, 0) is 4.57 Å². The monoisotopic (exact) mass is 482 g/mol. The molecule has 0 atom stereocenters. The van der Waals surface area contributed by atoms with Crippen LogP contribution < -0.4 is 20.8 Å². The van der Waals surface area contributed by atoms with Crippen LogP contribution in [0.1, 0.15) is 11.1 Å². The predicted molar refractivity (Wildman–Crippen MR) is 150 cm³/mol. The molecule has 0 amide bonds. The second kappa shape index (κ2) is 7.65. The molecule has 0 fully saturated rings. The number of hydrogen-bond acceptors (Lipinski definition) is 3. The van der Waals surface area contributed by atoms with E-state index in [2.05, 4.69) is 53.7 Å². The Morgan fingerprint density at radius 2 is 1.28 bits per heavy atom. The van der Waals surface area contributed by atoms with Crippen molar-refractivity contribution in [2.45, 2.75) is 6.92 Å². The van der Waals surface area contributed by atoms with Gasteiger partial charge in [0.1, 0.15) is 0 Å². The number of hydrogen-bond donors (Lipinski definition) is 0. The molecule has 3 nitrogen and oxygen atoms in total. The minimum absolute atomic E-state index is 0.841. The van der Waals surface area contributed by atoms with Crippen molar-refractivity contribution in [2.75, 3.05) is 4.90 Å². The van der Waals surface area contributed by atoms with Crippen molar-refractivity contribution in [3.05, 3.63) is 127 Å². The van der Waals surface area contributed by atoms with Crippen molar-refractivity contribution < 1.29 is 4.57 Å². The molecule has 2 aliphatic rings. The molecule has 0 spiro atoms. The molecule has 3 heterocycles. The van der Waals surface area contributed by atoms with Crippen LogP contribution in [0.5, 0.6) is 0 Å². The summed E-state index contributed by atoms with van der Waals surface area (Å²) in [6.07, 6.45) is 3.71. The molecule has 1 aromatic heterocycles. The van der Waals surface area contributed by atoms with Crippen molar-refractivity contribution in [2.24, 2.45) is 0 Å². The van der Waals surface area contributed by atoms with Crippen molar-refractivity contribution in [3.8, 4) is 22.3 Å². The van der Waals surface area contributed by atoms with E-state index in [0.29, 0.717) is 0 Å². The van der Waals surface area contributed by atoms with Crippen LogP contribution in [0.3, 0.4) is 0 Å². The van der Waals surface area contributed by atoms with Crippen molar-refractivity contribution in [3.63, 3.8) is 0 Å². The van der Waals surface area contributed by atoms with E-state index in [1.165, 1.54) is 0 Å². The molecule has 0 radical (unpaired) electrons. The van der Waals surface area contributed by atoms with E-state index in [4.69, 9.17) is 0 Å². The van der Waals surface area contributed by atoms with Gasteiger partial charge in [0.2, 0.25) is 0 Å². The molecular formula is C32H23N2OP. The molecule has 4 aromatic carbocycles. The summed E-state index contributed by atoms with van der Waals surface area (Å²) in [7, 11) is -3.15. The van der Waals surface area contributed by atoms with Gasteiger partial charge in [-0.05, 0) is 41.8 Å². The zero-order chi connectivity index (χ0) is 24.4. The molecular weight excluding hydrogens is 459 g/mol. The third kappa shape index (κ3) is 2.69. The lowest BCUT2D eigenvalue weighted by Gasteiger charge is -2.37. The van der Waals surface area contributed by atoms with Gasteiger partial charge in [-0.3, -0.25) is 4.98 Å². The van der Waals surface area contributed by atoms with Gasteiger partial charge in [0.15, 0.2) is 7.14 Å². The number of aryl methyl sites for hydroxylation is 1. The maximum atomic E-state index is 15.5. The topological polar surface area (TPSA) is 33.2 Å². The average Bonchev–Trinajstić information content (AvgIpc) is 3.19. The van der Waals surface area contributed by atoms with Crippen LogP contribution in [0, 0.1) is 6.92 Å². The van der Waals surface area contributed by atoms with Crippen molar-refractivity contribution in [1.82, 2.24) is 4.98 Å². The lowest BCUT2D eigenvalue weighted by atomic mass is 9.92. The molecule has 0 aliphatic carbocycles. The number of pyridine rings is 1. The van der Waals surface area contributed by atoms with E-state index in [0.717, 1.165) is 66.4 Å². The summed E-state index contributed by atoms with van der Waals surface area (Å²) in [4.78, 5) is 6.58. The Kier molecular flexibility index (Phi) is 4.49. The van der Waals surface area contributed by atoms with Gasteiger partial charge in [0.25, 0.3) is 0 Å². The number of nitrogens with zero attached hydrogens (tertiary/aromatic N) is 2. The molecule has 0 unspecified atom stereocenters. The lowest BCUT2D eigenvalue weighted by Crippen LogP contribution is -2.30. The highest BCUT2D eigenvalue weighted by molar-refractivity contribution is 7.86. The standard InChI is InChI=1S/C32H23N2OP/c1-21-10-9-17-31(36(35)29-15-7-4-12-25(29)26-13-5-8-16-30(26)36)32(21)34-22(2)23-18-19-33-20-27(23)24-11-3-6-14-28(24)34/h3-20H,2H2,1H3. The van der Waals surface area contributed by atoms with Crippen LogP contribution in [-0.4, -0.2) is 4.98 Å². The molecule has 7 rings (SSSR count). The van der Waals surface area contributed by atoms with E-state index in [9.17, 15) is 0 Å². The van der Waals surface area contributed by atoms with Crippen LogP contribution in [0.15, 0.2) is 116 Å². The van der Waals surface area contributed by atoms with E-state index >= 15 is 4.57 Å².